The van der Waals surface area contributed by atoms with Crippen LogP contribution in [0.15, 0.2) is 0 Å². The molecule has 2 heterocycles. The highest BCUT2D eigenvalue weighted by atomic mass is 19.1. The number of hydrogen-bond donors (Lipinski definition) is 1. The van der Waals surface area contributed by atoms with Gasteiger partial charge in [-0.1, -0.05) is 0 Å². The molecule has 1 fully saturated rings. The molecule has 0 amide bonds. The molecule has 72 valence electrons. The highest BCUT2D eigenvalue weighted by Crippen LogP contribution is 2.28. The van der Waals surface area contributed by atoms with E-state index in [0.29, 0.717) is 18.9 Å². The fourth-order valence-corrected chi connectivity index (χ4v) is 1.54. The third-order valence-electron chi connectivity index (χ3n) is 2.37. The summed E-state index contributed by atoms with van der Waals surface area (Å²) in [5, 5.41) is 4.03. The Kier molecular flexibility index (Phi) is 1.95. The number of nitrogens with zero attached hydrogens (tertiary/aromatic N) is 2. The molecule has 2 rings (SSSR count). The second kappa shape index (κ2) is 2.99. The Morgan fingerprint density at radius 3 is 2.92 bits per heavy atom. The first-order valence-corrected chi connectivity index (χ1v) is 4.25. The van der Waals surface area contributed by atoms with Gasteiger partial charge in [0.1, 0.15) is 5.69 Å². The SMILES string of the molecule is Cn1nc(C2CCOC2)c(F)c1N. The third-order valence-corrected chi connectivity index (χ3v) is 2.37. The number of aryl methyl sites for hydroxylation is 1. The van der Waals surface area contributed by atoms with Crippen molar-refractivity contribution in [1.82, 2.24) is 9.78 Å². The van der Waals surface area contributed by atoms with Crippen molar-refractivity contribution in [2.75, 3.05) is 18.9 Å². The molecule has 13 heavy (non-hydrogen) atoms. The van der Waals surface area contributed by atoms with Gasteiger partial charge in [0.05, 0.1) is 6.61 Å². The van der Waals surface area contributed by atoms with Crippen LogP contribution < -0.4 is 5.73 Å². The molecule has 0 radical (unpaired) electrons. The fourth-order valence-electron chi connectivity index (χ4n) is 1.54. The predicted octanol–water partition coefficient (Wildman–Crippen LogP) is 0.645. The summed E-state index contributed by atoms with van der Waals surface area (Å²) in [6.07, 6.45) is 0.827. The van der Waals surface area contributed by atoms with E-state index in [1.165, 1.54) is 4.68 Å². The van der Waals surface area contributed by atoms with Crippen molar-refractivity contribution in [3.8, 4) is 0 Å². The maximum Gasteiger partial charge on any atom is 0.188 e. The van der Waals surface area contributed by atoms with Crippen LogP contribution in [0.2, 0.25) is 0 Å². The molecule has 0 aromatic carbocycles. The number of aromatic nitrogens is 2. The van der Waals surface area contributed by atoms with E-state index < -0.39 is 5.82 Å². The molecule has 0 aliphatic carbocycles. The van der Waals surface area contributed by atoms with Gasteiger partial charge < -0.3 is 10.5 Å². The summed E-state index contributed by atoms with van der Waals surface area (Å²) in [7, 11) is 1.64. The minimum absolute atomic E-state index is 0.0727. The zero-order chi connectivity index (χ0) is 9.42. The van der Waals surface area contributed by atoms with Crippen LogP contribution in [0.5, 0.6) is 0 Å². The second-order valence-corrected chi connectivity index (χ2v) is 3.27. The smallest absolute Gasteiger partial charge is 0.188 e. The lowest BCUT2D eigenvalue weighted by Gasteiger charge is -2.01. The van der Waals surface area contributed by atoms with Crippen LogP contribution in [0.3, 0.4) is 0 Å². The van der Waals surface area contributed by atoms with Crippen molar-refractivity contribution in [3.05, 3.63) is 11.5 Å². The number of rotatable bonds is 1. The maximum absolute atomic E-state index is 13.4. The zero-order valence-electron chi connectivity index (χ0n) is 7.46. The molecule has 1 unspecified atom stereocenters. The fraction of sp³-hybridized carbons (Fsp3) is 0.625. The second-order valence-electron chi connectivity index (χ2n) is 3.27. The topological polar surface area (TPSA) is 53.1 Å². The van der Waals surface area contributed by atoms with E-state index in [2.05, 4.69) is 5.10 Å². The Bertz CT molecular complexity index is 317. The van der Waals surface area contributed by atoms with Gasteiger partial charge >= 0.3 is 0 Å². The number of nitrogen functional groups attached to an aromatic ring is 1. The standard InChI is InChI=1S/C8H12FN3O/c1-12-8(10)6(9)7(11-12)5-2-3-13-4-5/h5H,2-4,10H2,1H3. The minimum Gasteiger partial charge on any atom is -0.381 e. The van der Waals surface area contributed by atoms with Gasteiger partial charge in [-0.2, -0.15) is 5.10 Å². The van der Waals surface area contributed by atoms with E-state index >= 15 is 0 Å². The monoisotopic (exact) mass is 185 g/mol. The normalized spacial score (nSPS) is 22.5. The van der Waals surface area contributed by atoms with Gasteiger partial charge in [-0.05, 0) is 6.42 Å². The quantitative estimate of drug-likeness (QED) is 0.698. The molecule has 0 saturated carbocycles. The molecule has 0 spiro atoms. The molecule has 1 saturated heterocycles. The zero-order valence-corrected chi connectivity index (χ0v) is 7.46. The van der Waals surface area contributed by atoms with Gasteiger partial charge in [-0.3, -0.25) is 4.68 Å². The third kappa shape index (κ3) is 1.29. The first kappa shape index (κ1) is 8.50. The van der Waals surface area contributed by atoms with Crippen LogP contribution in [0.1, 0.15) is 18.0 Å². The summed E-state index contributed by atoms with van der Waals surface area (Å²) in [4.78, 5) is 0. The van der Waals surface area contributed by atoms with Crippen LogP contribution in [0.4, 0.5) is 10.2 Å². The predicted molar refractivity (Wildman–Crippen MR) is 45.8 cm³/mol. The molecule has 1 aliphatic rings. The summed E-state index contributed by atoms with van der Waals surface area (Å²) < 4.78 is 19.9. The first-order valence-electron chi connectivity index (χ1n) is 4.25. The highest BCUT2D eigenvalue weighted by Gasteiger charge is 2.25. The Hall–Kier alpha value is -1.10. The summed E-state index contributed by atoms with van der Waals surface area (Å²) >= 11 is 0. The van der Waals surface area contributed by atoms with Crippen LogP contribution >= 0.6 is 0 Å². The molecule has 1 aromatic rings. The van der Waals surface area contributed by atoms with Crippen molar-refractivity contribution in [2.45, 2.75) is 12.3 Å². The van der Waals surface area contributed by atoms with Crippen molar-refractivity contribution in [1.29, 1.82) is 0 Å². The van der Waals surface area contributed by atoms with Gasteiger partial charge in [-0.15, -0.1) is 0 Å². The number of anilines is 1. The largest absolute Gasteiger partial charge is 0.381 e. The van der Waals surface area contributed by atoms with E-state index in [0.717, 1.165) is 6.42 Å². The highest BCUT2D eigenvalue weighted by molar-refractivity contribution is 5.35. The van der Waals surface area contributed by atoms with Crippen LogP contribution in [0.25, 0.3) is 0 Å². The van der Waals surface area contributed by atoms with Crippen LogP contribution in [0, 0.1) is 5.82 Å². The Labute approximate surface area is 75.5 Å². The number of nitrogens with two attached hydrogens (primary N) is 1. The van der Waals surface area contributed by atoms with Crippen molar-refractivity contribution >= 4 is 5.82 Å². The average molecular weight is 185 g/mol. The number of hydrogen-bond acceptors (Lipinski definition) is 3. The lowest BCUT2D eigenvalue weighted by molar-refractivity contribution is 0.193. The van der Waals surface area contributed by atoms with Crippen molar-refractivity contribution < 1.29 is 9.13 Å². The Morgan fingerprint density at radius 1 is 1.69 bits per heavy atom. The van der Waals surface area contributed by atoms with Gasteiger partial charge in [0.25, 0.3) is 0 Å². The van der Waals surface area contributed by atoms with Gasteiger partial charge in [0, 0.05) is 19.6 Å². The van der Waals surface area contributed by atoms with Crippen molar-refractivity contribution in [3.63, 3.8) is 0 Å². The first-order chi connectivity index (χ1) is 6.20. The van der Waals surface area contributed by atoms with Crippen LogP contribution in [-0.4, -0.2) is 23.0 Å². The lowest BCUT2D eigenvalue weighted by Crippen LogP contribution is -2.01. The summed E-state index contributed by atoms with van der Waals surface area (Å²) in [5.74, 6) is -0.219. The van der Waals surface area contributed by atoms with Crippen molar-refractivity contribution in [2.24, 2.45) is 7.05 Å². The average Bonchev–Trinajstić information content (AvgIpc) is 2.70. The Balaban J connectivity index is 2.34. The van der Waals surface area contributed by atoms with E-state index in [9.17, 15) is 4.39 Å². The lowest BCUT2D eigenvalue weighted by atomic mass is 10.1. The summed E-state index contributed by atoms with van der Waals surface area (Å²) in [6.45, 7) is 1.23. The minimum atomic E-state index is -0.391. The van der Waals surface area contributed by atoms with E-state index in [-0.39, 0.29) is 11.7 Å². The van der Waals surface area contributed by atoms with Gasteiger partial charge in [-0.25, -0.2) is 4.39 Å². The van der Waals surface area contributed by atoms with E-state index in [4.69, 9.17) is 10.5 Å². The van der Waals surface area contributed by atoms with Crippen LogP contribution in [-0.2, 0) is 11.8 Å². The molecule has 1 aliphatic heterocycles. The van der Waals surface area contributed by atoms with E-state index in [1.807, 2.05) is 0 Å². The number of halogens is 1. The molecule has 1 aromatic heterocycles. The summed E-state index contributed by atoms with van der Waals surface area (Å²) in [5.41, 5.74) is 5.90. The molecule has 5 heteroatoms. The molecular weight excluding hydrogens is 173 g/mol. The molecule has 4 nitrogen and oxygen atoms in total. The molecule has 0 bridgehead atoms. The van der Waals surface area contributed by atoms with Gasteiger partial charge in [0.15, 0.2) is 11.6 Å². The van der Waals surface area contributed by atoms with Gasteiger partial charge in [0.2, 0.25) is 0 Å². The number of ether oxygens (including phenoxy) is 1. The molecular formula is C8H12FN3O. The molecule has 2 N–H and O–H groups in total. The maximum atomic E-state index is 13.4. The molecule has 1 atom stereocenters. The summed E-state index contributed by atoms with van der Waals surface area (Å²) in [6, 6.07) is 0. The Morgan fingerprint density at radius 2 is 2.46 bits per heavy atom. The van der Waals surface area contributed by atoms with E-state index in [1.54, 1.807) is 7.05 Å².